The van der Waals surface area contributed by atoms with Crippen molar-refractivity contribution in [3.63, 3.8) is 0 Å². The molecule has 300 valence electrons. The van der Waals surface area contributed by atoms with Crippen molar-refractivity contribution < 1.29 is 38.1 Å². The predicted octanol–water partition coefficient (Wildman–Crippen LogP) is 10.7. The minimum atomic E-state index is -0.211. The average molecular weight is 749 g/mol. The summed E-state index contributed by atoms with van der Waals surface area (Å²) in [5, 5.41) is 0. The number of carbonyl (C=O) groups is 4. The van der Waals surface area contributed by atoms with Gasteiger partial charge in [-0.1, -0.05) is 63.8 Å². The minimum absolute atomic E-state index is 0.0000829. The molecule has 3 aliphatic rings. The smallest absolute Gasteiger partial charge is 0.314 e. The first kappa shape index (κ1) is 44.7. The van der Waals surface area contributed by atoms with Gasteiger partial charge in [0.15, 0.2) is 0 Å². The van der Waals surface area contributed by atoms with Crippen molar-refractivity contribution in [1.82, 2.24) is 0 Å². The molecular weight excluding hydrogens is 680 g/mol. The molecule has 0 saturated heterocycles. The third kappa shape index (κ3) is 16.8. The maximum absolute atomic E-state index is 12.9. The summed E-state index contributed by atoms with van der Waals surface area (Å²) < 4.78 is 20.1. The van der Waals surface area contributed by atoms with E-state index in [1.807, 2.05) is 0 Å². The fraction of sp³-hybridized carbons (Fsp3) is 0.652. The molecule has 0 atom stereocenters. The van der Waals surface area contributed by atoms with Crippen LogP contribution in [0.4, 0.5) is 0 Å². The number of esters is 4. The molecule has 3 aliphatic carbocycles. The zero-order valence-electron chi connectivity index (χ0n) is 34.1. The number of rotatable bonds is 12. The zero-order valence-corrected chi connectivity index (χ0v) is 34.1. The van der Waals surface area contributed by atoms with Gasteiger partial charge < -0.3 is 18.9 Å². The normalized spacial score (nSPS) is 23.6. The first-order chi connectivity index (χ1) is 26.0. The van der Waals surface area contributed by atoms with Gasteiger partial charge in [0.05, 0.1) is 25.0 Å². The highest BCUT2D eigenvalue weighted by atomic mass is 16.5. The lowest BCUT2D eigenvalue weighted by molar-refractivity contribution is -0.141. The van der Waals surface area contributed by atoms with Crippen LogP contribution in [0, 0.1) is 35.5 Å². The molecule has 5 rings (SSSR count). The summed E-state index contributed by atoms with van der Waals surface area (Å²) in [4.78, 5) is 45.1. The highest BCUT2D eigenvalue weighted by Crippen LogP contribution is 2.35. The second-order valence-corrected chi connectivity index (χ2v) is 15.5. The summed E-state index contributed by atoms with van der Waals surface area (Å²) in [6, 6.07) is 16.3. The topological polar surface area (TPSA) is 105 Å². The SMILES string of the molecule is CCC1CCC(Cc2ccc(CC3CCC(C(=O)Oc4ccc(OC(=O)C5CCC(CC)CC5)cc4)CC3)cc2)CC1.CCOC(C)=O.CCOC(C)=O. The molecule has 3 fully saturated rings. The van der Waals surface area contributed by atoms with Gasteiger partial charge in [-0.25, -0.2) is 0 Å². The van der Waals surface area contributed by atoms with Gasteiger partial charge in [0, 0.05) is 13.8 Å². The van der Waals surface area contributed by atoms with Crippen LogP contribution in [0.2, 0.25) is 0 Å². The fourth-order valence-electron chi connectivity index (χ4n) is 8.11. The standard InChI is InChI=1S/C38H52O4.2C4H8O2/c1-3-27-5-7-29(8-6-27)25-30-9-11-31(12-10-30)26-32-15-19-34(20-16-32)38(40)42-36-23-21-35(22-24-36)41-37(39)33-17-13-28(4-2)14-18-33;2*1-3-6-4(2)5/h9-12,21-24,27-29,32-34H,3-8,13-20,25-26H2,1-2H3;2*3H2,1-2H3. The first-order valence-corrected chi connectivity index (χ1v) is 20.9. The summed E-state index contributed by atoms with van der Waals surface area (Å²) in [5.41, 5.74) is 2.92. The lowest BCUT2D eigenvalue weighted by Crippen LogP contribution is -2.26. The Bertz CT molecular complexity index is 1360. The summed E-state index contributed by atoms with van der Waals surface area (Å²) in [5.74, 6) is 3.52. The third-order valence-corrected chi connectivity index (χ3v) is 11.5. The lowest BCUT2D eigenvalue weighted by Gasteiger charge is -2.28. The Morgan fingerprint density at radius 3 is 1.04 bits per heavy atom. The number of ether oxygens (including phenoxy) is 4. The van der Waals surface area contributed by atoms with E-state index >= 15 is 0 Å². The van der Waals surface area contributed by atoms with Gasteiger partial charge in [-0.15, -0.1) is 0 Å². The third-order valence-electron chi connectivity index (χ3n) is 11.5. The van der Waals surface area contributed by atoms with Gasteiger partial charge in [-0.3, -0.25) is 19.2 Å². The van der Waals surface area contributed by atoms with Crippen LogP contribution in [0.1, 0.15) is 143 Å². The second-order valence-electron chi connectivity index (χ2n) is 15.5. The van der Waals surface area contributed by atoms with Crippen molar-refractivity contribution in [2.24, 2.45) is 35.5 Å². The Hall–Kier alpha value is -3.68. The van der Waals surface area contributed by atoms with E-state index in [9.17, 15) is 19.2 Å². The molecule has 8 heteroatoms. The van der Waals surface area contributed by atoms with E-state index in [-0.39, 0.29) is 35.7 Å². The quantitative estimate of drug-likeness (QED) is 0.156. The molecule has 0 aromatic heterocycles. The van der Waals surface area contributed by atoms with Gasteiger partial charge >= 0.3 is 23.9 Å². The summed E-state index contributed by atoms with van der Waals surface area (Å²) in [7, 11) is 0. The molecule has 0 heterocycles. The van der Waals surface area contributed by atoms with Crippen LogP contribution in [0.5, 0.6) is 11.5 Å². The van der Waals surface area contributed by atoms with Crippen molar-refractivity contribution in [2.45, 2.75) is 144 Å². The van der Waals surface area contributed by atoms with Gasteiger partial charge in [-0.05, 0) is 150 Å². The van der Waals surface area contributed by atoms with E-state index in [1.54, 1.807) is 38.1 Å². The fourth-order valence-corrected chi connectivity index (χ4v) is 8.11. The molecular formula is C46H68O8. The number of carbonyl (C=O) groups excluding carboxylic acids is 4. The lowest BCUT2D eigenvalue weighted by atomic mass is 9.78. The predicted molar refractivity (Wildman–Crippen MR) is 213 cm³/mol. The van der Waals surface area contributed by atoms with E-state index in [2.05, 4.69) is 47.6 Å². The van der Waals surface area contributed by atoms with Gasteiger partial charge in [0.2, 0.25) is 0 Å². The van der Waals surface area contributed by atoms with Crippen molar-refractivity contribution in [3.05, 3.63) is 59.7 Å². The number of hydrogen-bond donors (Lipinski definition) is 0. The monoisotopic (exact) mass is 748 g/mol. The zero-order chi connectivity index (χ0) is 39.3. The van der Waals surface area contributed by atoms with E-state index in [0.29, 0.717) is 30.6 Å². The molecule has 0 amide bonds. The highest BCUT2D eigenvalue weighted by Gasteiger charge is 2.29. The highest BCUT2D eigenvalue weighted by molar-refractivity contribution is 5.76. The van der Waals surface area contributed by atoms with E-state index < -0.39 is 0 Å². The molecule has 0 spiro atoms. The van der Waals surface area contributed by atoms with Crippen LogP contribution < -0.4 is 9.47 Å². The maximum atomic E-state index is 12.9. The van der Waals surface area contributed by atoms with Crippen LogP contribution in [0.3, 0.4) is 0 Å². The Labute approximate surface area is 325 Å². The Balaban J connectivity index is 0.000000566. The Morgan fingerprint density at radius 2 is 0.759 bits per heavy atom. The van der Waals surface area contributed by atoms with Crippen molar-refractivity contribution in [2.75, 3.05) is 13.2 Å². The molecule has 8 nitrogen and oxygen atoms in total. The summed E-state index contributed by atoms with van der Waals surface area (Å²) in [6.45, 7) is 11.9. The molecule has 2 aromatic carbocycles. The number of hydrogen-bond acceptors (Lipinski definition) is 8. The molecule has 54 heavy (non-hydrogen) atoms. The largest absolute Gasteiger partial charge is 0.466 e. The van der Waals surface area contributed by atoms with Crippen LogP contribution in [-0.4, -0.2) is 37.1 Å². The van der Waals surface area contributed by atoms with Gasteiger partial charge in [0.25, 0.3) is 0 Å². The minimum Gasteiger partial charge on any atom is -0.466 e. The van der Waals surface area contributed by atoms with E-state index in [4.69, 9.17) is 9.47 Å². The summed E-state index contributed by atoms with van der Waals surface area (Å²) in [6.07, 6.45) is 18.5. The summed E-state index contributed by atoms with van der Waals surface area (Å²) >= 11 is 0. The molecule has 0 unspecified atom stereocenters. The van der Waals surface area contributed by atoms with Crippen molar-refractivity contribution >= 4 is 23.9 Å². The van der Waals surface area contributed by atoms with E-state index in [0.717, 1.165) is 75.5 Å². The molecule has 0 bridgehead atoms. The van der Waals surface area contributed by atoms with Crippen LogP contribution in [0.15, 0.2) is 48.5 Å². The van der Waals surface area contributed by atoms with Crippen LogP contribution >= 0.6 is 0 Å². The Kier molecular flexibility index (Phi) is 20.4. The van der Waals surface area contributed by atoms with Gasteiger partial charge in [-0.2, -0.15) is 0 Å². The average Bonchev–Trinajstić information content (AvgIpc) is 3.17. The van der Waals surface area contributed by atoms with Crippen molar-refractivity contribution in [3.8, 4) is 11.5 Å². The van der Waals surface area contributed by atoms with Crippen LogP contribution in [0.25, 0.3) is 0 Å². The second kappa shape index (κ2) is 24.7. The molecule has 3 saturated carbocycles. The van der Waals surface area contributed by atoms with Crippen molar-refractivity contribution in [1.29, 1.82) is 0 Å². The molecule has 2 aromatic rings. The Morgan fingerprint density at radius 1 is 0.463 bits per heavy atom. The maximum Gasteiger partial charge on any atom is 0.314 e. The molecule has 0 aliphatic heterocycles. The number of benzene rings is 2. The first-order valence-electron chi connectivity index (χ1n) is 20.9. The molecule has 0 radical (unpaired) electrons. The van der Waals surface area contributed by atoms with E-state index in [1.165, 1.54) is 69.9 Å². The van der Waals surface area contributed by atoms with Crippen LogP contribution in [-0.2, 0) is 41.5 Å². The van der Waals surface area contributed by atoms with Gasteiger partial charge in [0.1, 0.15) is 11.5 Å². The molecule has 0 N–H and O–H groups in total.